The van der Waals surface area contributed by atoms with Crippen molar-refractivity contribution in [3.8, 4) is 0 Å². The van der Waals surface area contributed by atoms with Crippen molar-refractivity contribution in [2.75, 3.05) is 7.11 Å². The lowest BCUT2D eigenvalue weighted by Crippen LogP contribution is -2.04. The van der Waals surface area contributed by atoms with Gasteiger partial charge in [0, 0.05) is 5.57 Å². The number of allylic oxidation sites excluding steroid dienone is 1. The molecule has 0 N–H and O–H groups in total. The molecule has 0 atom stereocenters. The summed E-state index contributed by atoms with van der Waals surface area (Å²) in [4.78, 5) is 11.6. The average Bonchev–Trinajstić information content (AvgIpc) is 2.80. The van der Waals surface area contributed by atoms with Crippen LogP contribution in [0.4, 0.5) is 4.39 Å². The molecule has 90 valence electrons. The highest BCUT2D eigenvalue weighted by Gasteiger charge is 2.22. The summed E-state index contributed by atoms with van der Waals surface area (Å²) < 4.78 is 18.3. The lowest BCUT2D eigenvalue weighted by molar-refractivity contribution is -0.136. The van der Waals surface area contributed by atoms with Gasteiger partial charge in [-0.3, -0.25) is 0 Å². The molecule has 0 heterocycles. The number of rotatable bonds is 2. The Hall–Kier alpha value is -1.64. The predicted molar refractivity (Wildman–Crippen MR) is 63.9 cm³/mol. The molecule has 0 unspecified atom stereocenters. The molecule has 0 fully saturated rings. The smallest absolute Gasteiger partial charge is 0.334 e. The zero-order valence-electron chi connectivity index (χ0n) is 10.0. The summed E-state index contributed by atoms with van der Waals surface area (Å²) in [6.07, 6.45) is 2.46. The maximum Gasteiger partial charge on any atom is 0.334 e. The number of hydrogen-bond acceptors (Lipinski definition) is 2. The summed E-state index contributed by atoms with van der Waals surface area (Å²) in [7, 11) is 1.38. The summed E-state index contributed by atoms with van der Waals surface area (Å²) in [6, 6.07) is 5.10. The van der Waals surface area contributed by atoms with E-state index < -0.39 is 0 Å². The molecule has 1 aromatic carbocycles. The minimum Gasteiger partial charge on any atom is -0.466 e. The largest absolute Gasteiger partial charge is 0.466 e. The van der Waals surface area contributed by atoms with Gasteiger partial charge in [0.1, 0.15) is 5.82 Å². The minimum absolute atomic E-state index is 0.230. The molecular formula is C14H15FO2. The maximum atomic E-state index is 13.5. The van der Waals surface area contributed by atoms with E-state index in [4.69, 9.17) is 4.74 Å². The van der Waals surface area contributed by atoms with Crippen LogP contribution in [0.3, 0.4) is 0 Å². The van der Waals surface area contributed by atoms with Crippen LogP contribution < -0.4 is 0 Å². The van der Waals surface area contributed by atoms with Crippen LogP contribution in [0.25, 0.3) is 5.57 Å². The van der Waals surface area contributed by atoms with Crippen molar-refractivity contribution in [2.24, 2.45) is 0 Å². The first-order valence-corrected chi connectivity index (χ1v) is 5.70. The normalized spacial score (nSPS) is 15.2. The lowest BCUT2D eigenvalue weighted by Gasteiger charge is -2.07. The molecule has 1 aliphatic carbocycles. The number of esters is 1. The van der Waals surface area contributed by atoms with E-state index in [1.54, 1.807) is 13.0 Å². The van der Waals surface area contributed by atoms with E-state index in [1.165, 1.54) is 13.2 Å². The lowest BCUT2D eigenvalue weighted by atomic mass is 10.0. The van der Waals surface area contributed by atoms with Crippen LogP contribution in [0.5, 0.6) is 0 Å². The van der Waals surface area contributed by atoms with Gasteiger partial charge in [-0.15, -0.1) is 0 Å². The Balaban J connectivity index is 2.44. The quantitative estimate of drug-likeness (QED) is 0.734. The summed E-state index contributed by atoms with van der Waals surface area (Å²) in [5.41, 5.74) is 3.03. The highest BCUT2D eigenvalue weighted by Crippen LogP contribution is 2.34. The molecule has 1 aromatic rings. The van der Waals surface area contributed by atoms with Gasteiger partial charge in [-0.2, -0.15) is 0 Å². The van der Waals surface area contributed by atoms with E-state index in [2.05, 4.69) is 0 Å². The summed E-state index contributed by atoms with van der Waals surface area (Å²) in [5.74, 6) is -0.524. The van der Waals surface area contributed by atoms with Crippen molar-refractivity contribution in [2.45, 2.75) is 26.2 Å². The van der Waals surface area contributed by atoms with Crippen molar-refractivity contribution in [3.63, 3.8) is 0 Å². The van der Waals surface area contributed by atoms with Gasteiger partial charge in [0.05, 0.1) is 7.11 Å². The molecule has 0 radical (unpaired) electrons. The van der Waals surface area contributed by atoms with Crippen molar-refractivity contribution < 1.29 is 13.9 Å². The first-order valence-electron chi connectivity index (χ1n) is 5.70. The zero-order valence-corrected chi connectivity index (χ0v) is 10.0. The molecule has 2 nitrogen and oxygen atoms in total. The average molecular weight is 234 g/mol. The predicted octanol–water partition coefficient (Wildman–Crippen LogP) is 3.24. The van der Waals surface area contributed by atoms with Gasteiger partial charge in [-0.25, -0.2) is 9.18 Å². The molecule has 3 heteroatoms. The molecule has 0 spiro atoms. The molecule has 1 aliphatic rings. The van der Waals surface area contributed by atoms with E-state index in [9.17, 15) is 9.18 Å². The van der Waals surface area contributed by atoms with Crippen LogP contribution >= 0.6 is 0 Å². The third-order valence-corrected chi connectivity index (χ3v) is 3.17. The highest BCUT2D eigenvalue weighted by atomic mass is 19.1. The number of aryl methyl sites for hydroxylation is 1. The second kappa shape index (κ2) is 4.70. The number of benzene rings is 1. The van der Waals surface area contributed by atoms with Crippen LogP contribution in [-0.4, -0.2) is 13.1 Å². The molecule has 0 aliphatic heterocycles. The zero-order chi connectivity index (χ0) is 12.4. The van der Waals surface area contributed by atoms with Crippen molar-refractivity contribution in [3.05, 3.63) is 40.7 Å². The van der Waals surface area contributed by atoms with E-state index >= 15 is 0 Å². The van der Waals surface area contributed by atoms with Crippen LogP contribution in [0.15, 0.2) is 23.8 Å². The van der Waals surface area contributed by atoms with E-state index in [1.807, 2.05) is 6.07 Å². The monoisotopic (exact) mass is 234 g/mol. The first-order chi connectivity index (χ1) is 8.13. The Kier molecular flexibility index (Phi) is 3.27. The highest BCUT2D eigenvalue weighted by molar-refractivity contribution is 5.98. The number of carbonyl (C=O) groups is 1. The Bertz CT molecular complexity index is 489. The van der Waals surface area contributed by atoms with Crippen LogP contribution in [0, 0.1) is 12.7 Å². The van der Waals surface area contributed by atoms with Crippen LogP contribution in [-0.2, 0) is 9.53 Å². The molecular weight excluding hydrogens is 219 g/mol. The van der Waals surface area contributed by atoms with Gasteiger partial charge in [0.2, 0.25) is 0 Å². The standard InChI is InChI=1S/C14H15FO2/c1-9-6-7-10(8-13(9)15)11-4-3-5-12(11)14(16)17-2/h6-8H,3-5H2,1-2H3. The van der Waals surface area contributed by atoms with Gasteiger partial charge in [-0.1, -0.05) is 12.1 Å². The van der Waals surface area contributed by atoms with Gasteiger partial charge >= 0.3 is 5.97 Å². The van der Waals surface area contributed by atoms with Crippen molar-refractivity contribution in [1.29, 1.82) is 0 Å². The van der Waals surface area contributed by atoms with Crippen molar-refractivity contribution >= 4 is 11.5 Å². The van der Waals surface area contributed by atoms with E-state index in [0.717, 1.165) is 30.4 Å². The van der Waals surface area contributed by atoms with E-state index in [0.29, 0.717) is 11.1 Å². The number of carbonyl (C=O) groups excluding carboxylic acids is 1. The summed E-state index contributed by atoms with van der Waals surface area (Å²) in [6.45, 7) is 1.73. The fourth-order valence-corrected chi connectivity index (χ4v) is 2.19. The van der Waals surface area contributed by atoms with Crippen LogP contribution in [0.2, 0.25) is 0 Å². The second-order valence-electron chi connectivity index (χ2n) is 4.27. The number of halogens is 1. The summed E-state index contributed by atoms with van der Waals surface area (Å²) >= 11 is 0. The van der Waals surface area contributed by atoms with Crippen molar-refractivity contribution in [1.82, 2.24) is 0 Å². The SMILES string of the molecule is COC(=O)C1=C(c2ccc(C)c(F)c2)CCC1. The minimum atomic E-state index is -0.293. The molecule has 0 aromatic heterocycles. The Morgan fingerprint density at radius 1 is 1.35 bits per heavy atom. The fraction of sp³-hybridized carbons (Fsp3) is 0.357. The Morgan fingerprint density at radius 3 is 2.76 bits per heavy atom. The topological polar surface area (TPSA) is 26.3 Å². The fourth-order valence-electron chi connectivity index (χ4n) is 2.19. The second-order valence-corrected chi connectivity index (χ2v) is 4.27. The maximum absolute atomic E-state index is 13.5. The van der Waals surface area contributed by atoms with Gasteiger partial charge in [-0.05, 0) is 49.0 Å². The van der Waals surface area contributed by atoms with E-state index in [-0.39, 0.29) is 11.8 Å². The molecule has 0 saturated carbocycles. The van der Waals surface area contributed by atoms with Gasteiger partial charge in [0.15, 0.2) is 0 Å². The third-order valence-electron chi connectivity index (χ3n) is 3.17. The molecule has 0 bridgehead atoms. The third kappa shape index (κ3) is 2.23. The Morgan fingerprint density at radius 2 is 2.12 bits per heavy atom. The molecule has 17 heavy (non-hydrogen) atoms. The van der Waals surface area contributed by atoms with Crippen LogP contribution in [0.1, 0.15) is 30.4 Å². The number of hydrogen-bond donors (Lipinski definition) is 0. The molecule has 0 saturated heterocycles. The first kappa shape index (κ1) is 11.8. The van der Waals surface area contributed by atoms with Gasteiger partial charge < -0.3 is 4.74 Å². The summed E-state index contributed by atoms with van der Waals surface area (Å²) in [5, 5.41) is 0. The molecule has 2 rings (SSSR count). The van der Waals surface area contributed by atoms with Gasteiger partial charge in [0.25, 0.3) is 0 Å². The number of ether oxygens (including phenoxy) is 1. The molecule has 0 amide bonds. The Labute approximate surface area is 100 Å². The number of methoxy groups -OCH3 is 1.